The van der Waals surface area contributed by atoms with Crippen LogP contribution in [0.2, 0.25) is 0 Å². The second kappa shape index (κ2) is 8.97. The molecule has 0 atom stereocenters. The summed E-state index contributed by atoms with van der Waals surface area (Å²) in [5, 5.41) is 9.20. The topological polar surface area (TPSA) is 112 Å². The first-order valence-electron chi connectivity index (χ1n) is 9.28. The van der Waals surface area contributed by atoms with Gasteiger partial charge in [-0.25, -0.2) is 13.5 Å². The third kappa shape index (κ3) is 5.06. The maximum Gasteiger partial charge on any atom is 0.264 e. The van der Waals surface area contributed by atoms with Crippen molar-refractivity contribution in [2.24, 2.45) is 0 Å². The number of hydrogen-bond acceptors (Lipinski definition) is 6. The third-order valence-electron chi connectivity index (χ3n) is 4.76. The first-order valence-corrected chi connectivity index (χ1v) is 11.5. The van der Waals surface area contributed by atoms with Crippen molar-refractivity contribution in [2.75, 3.05) is 13.6 Å². The largest absolute Gasteiger partial charge is 0.352 e. The van der Waals surface area contributed by atoms with Crippen LogP contribution in [0.4, 0.5) is 0 Å². The third-order valence-corrected chi connectivity index (χ3v) is 8.14. The number of carbonyl (C=O) groups is 1. The van der Waals surface area contributed by atoms with Gasteiger partial charge in [0.2, 0.25) is 5.91 Å². The van der Waals surface area contributed by atoms with E-state index in [1.165, 1.54) is 38.1 Å². The summed E-state index contributed by atoms with van der Waals surface area (Å²) < 4.78 is 26.8. The molecule has 0 aromatic carbocycles. The molecule has 0 spiro atoms. The number of hydrogen-bond donors (Lipinski definition) is 2. The molecule has 2 aromatic rings. The number of carbonyl (C=O) groups excluding carboxylic acids is 1. The van der Waals surface area contributed by atoms with Crippen LogP contribution in [0, 0.1) is 0 Å². The molecule has 2 aromatic heterocycles. The number of nitrogens with zero attached hydrogens (tertiary/aromatic N) is 2. The quantitative estimate of drug-likeness (QED) is 0.689. The van der Waals surface area contributed by atoms with Crippen LogP contribution in [-0.4, -0.2) is 48.5 Å². The van der Waals surface area contributed by atoms with Gasteiger partial charge in [-0.15, -0.1) is 11.3 Å². The molecule has 3 rings (SSSR count). The normalized spacial score (nSPS) is 16.1. The fourth-order valence-electron chi connectivity index (χ4n) is 3.22. The Balaban J connectivity index is 1.65. The fraction of sp³-hybridized carbons (Fsp3) is 0.500. The van der Waals surface area contributed by atoms with Gasteiger partial charge in [0.25, 0.3) is 15.6 Å². The Morgan fingerprint density at radius 3 is 2.57 bits per heavy atom. The predicted molar refractivity (Wildman–Crippen MR) is 108 cm³/mol. The molecule has 1 amide bonds. The molecule has 0 radical (unpaired) electrons. The number of nitrogens with one attached hydrogen (secondary N) is 2. The summed E-state index contributed by atoms with van der Waals surface area (Å²) in [4.78, 5) is 24.0. The molecule has 152 valence electrons. The molecule has 1 aliphatic rings. The zero-order valence-corrected chi connectivity index (χ0v) is 17.3. The monoisotopic (exact) mass is 424 g/mol. The Morgan fingerprint density at radius 1 is 1.21 bits per heavy atom. The maximum absolute atomic E-state index is 12.8. The minimum atomic E-state index is -3.79. The number of amides is 1. The molecule has 2 N–H and O–H groups in total. The van der Waals surface area contributed by atoms with E-state index in [2.05, 4.69) is 15.5 Å². The highest BCUT2D eigenvalue weighted by atomic mass is 32.2. The highest BCUT2D eigenvalue weighted by molar-refractivity contribution is 7.91. The van der Waals surface area contributed by atoms with Gasteiger partial charge in [-0.1, -0.05) is 25.7 Å². The molecule has 10 heteroatoms. The lowest BCUT2D eigenvalue weighted by Crippen LogP contribution is -2.42. The van der Waals surface area contributed by atoms with Gasteiger partial charge < -0.3 is 5.32 Å². The number of sulfonamides is 1. The second-order valence-corrected chi connectivity index (χ2v) is 10.3. The Bertz CT molecular complexity index is 955. The van der Waals surface area contributed by atoms with Crippen molar-refractivity contribution in [3.8, 4) is 10.6 Å². The average molecular weight is 425 g/mol. The van der Waals surface area contributed by atoms with Crippen molar-refractivity contribution in [1.82, 2.24) is 19.8 Å². The molecule has 2 heterocycles. The van der Waals surface area contributed by atoms with Crippen LogP contribution in [-0.2, 0) is 14.8 Å². The molecule has 0 unspecified atom stereocenters. The van der Waals surface area contributed by atoms with E-state index in [1.807, 2.05) is 0 Å². The highest BCUT2D eigenvalue weighted by Crippen LogP contribution is 2.30. The molecule has 0 saturated heterocycles. The molecule has 8 nitrogen and oxygen atoms in total. The van der Waals surface area contributed by atoms with Crippen LogP contribution < -0.4 is 10.9 Å². The van der Waals surface area contributed by atoms with E-state index in [4.69, 9.17) is 0 Å². The van der Waals surface area contributed by atoms with E-state index in [0.717, 1.165) is 41.3 Å². The second-order valence-electron chi connectivity index (χ2n) is 6.94. The van der Waals surface area contributed by atoms with Gasteiger partial charge >= 0.3 is 0 Å². The van der Waals surface area contributed by atoms with Crippen molar-refractivity contribution in [2.45, 2.75) is 48.8 Å². The predicted octanol–water partition coefficient (Wildman–Crippen LogP) is 1.96. The van der Waals surface area contributed by atoms with Crippen LogP contribution >= 0.6 is 11.3 Å². The summed E-state index contributed by atoms with van der Waals surface area (Å²) in [5.41, 5.74) is 0.160. The van der Waals surface area contributed by atoms with E-state index in [9.17, 15) is 18.0 Å². The minimum absolute atomic E-state index is 0.125. The van der Waals surface area contributed by atoms with Gasteiger partial charge in [0.05, 0.1) is 11.4 Å². The summed E-state index contributed by atoms with van der Waals surface area (Å²) in [7, 11) is -2.38. The Labute approximate surface area is 168 Å². The summed E-state index contributed by atoms with van der Waals surface area (Å²) in [5.74, 6) is -0.281. The van der Waals surface area contributed by atoms with Gasteiger partial charge in [0, 0.05) is 19.2 Å². The van der Waals surface area contributed by atoms with Crippen molar-refractivity contribution >= 4 is 27.3 Å². The number of likely N-dealkylation sites (N-methyl/N-ethyl adjacent to an activating group) is 1. The molecule has 28 heavy (non-hydrogen) atoms. The maximum atomic E-state index is 12.8. The van der Waals surface area contributed by atoms with E-state index >= 15 is 0 Å². The summed E-state index contributed by atoms with van der Waals surface area (Å²) in [6.45, 7) is -0.219. The minimum Gasteiger partial charge on any atom is -0.352 e. The smallest absolute Gasteiger partial charge is 0.264 e. The van der Waals surface area contributed by atoms with Gasteiger partial charge in [-0.2, -0.15) is 9.40 Å². The Morgan fingerprint density at radius 2 is 1.93 bits per heavy atom. The Kier molecular flexibility index (Phi) is 6.63. The van der Waals surface area contributed by atoms with E-state index in [-0.39, 0.29) is 28.3 Å². The molecule has 1 aliphatic carbocycles. The van der Waals surface area contributed by atoms with E-state index in [0.29, 0.717) is 10.6 Å². The number of rotatable bonds is 6. The van der Waals surface area contributed by atoms with Crippen LogP contribution in [0.25, 0.3) is 10.6 Å². The van der Waals surface area contributed by atoms with Crippen LogP contribution in [0.5, 0.6) is 0 Å². The highest BCUT2D eigenvalue weighted by Gasteiger charge is 2.26. The van der Waals surface area contributed by atoms with Crippen LogP contribution in [0.3, 0.4) is 0 Å². The van der Waals surface area contributed by atoms with Gasteiger partial charge in [-0.3, -0.25) is 9.59 Å². The number of aromatic amines is 1. The van der Waals surface area contributed by atoms with Gasteiger partial charge in [0.15, 0.2) is 0 Å². The zero-order valence-electron chi connectivity index (χ0n) is 15.7. The Hall–Kier alpha value is -2.04. The van der Waals surface area contributed by atoms with Gasteiger partial charge in [0.1, 0.15) is 9.90 Å². The lowest BCUT2D eigenvalue weighted by atomic mass is 10.1. The molecule has 1 fully saturated rings. The van der Waals surface area contributed by atoms with E-state index in [1.54, 1.807) is 6.07 Å². The van der Waals surface area contributed by atoms with Crippen LogP contribution in [0.1, 0.15) is 38.5 Å². The average Bonchev–Trinajstić information content (AvgIpc) is 3.02. The zero-order chi connectivity index (χ0) is 20.1. The van der Waals surface area contributed by atoms with Crippen molar-refractivity contribution < 1.29 is 13.2 Å². The van der Waals surface area contributed by atoms with Crippen molar-refractivity contribution in [3.63, 3.8) is 0 Å². The first kappa shape index (κ1) is 20.7. The summed E-state index contributed by atoms with van der Waals surface area (Å²) in [6.07, 6.45) is 6.45. The molecular formula is C18H24N4O4S2. The fourth-order valence-corrected chi connectivity index (χ4v) is 5.83. The number of aromatic nitrogens is 2. The first-order chi connectivity index (χ1) is 13.4. The SMILES string of the molecule is CN(CC(=O)NC1CCCCCC1)S(=O)(=O)c1ccc(-c2ccc(=O)[nH]n2)s1. The number of thiophene rings is 1. The summed E-state index contributed by atoms with van der Waals surface area (Å²) in [6, 6.07) is 6.12. The van der Waals surface area contributed by atoms with Gasteiger partial charge in [-0.05, 0) is 31.0 Å². The molecular weight excluding hydrogens is 400 g/mol. The van der Waals surface area contributed by atoms with Crippen molar-refractivity contribution in [3.05, 3.63) is 34.6 Å². The molecule has 0 aliphatic heterocycles. The molecule has 1 saturated carbocycles. The number of H-pyrrole nitrogens is 1. The standard InChI is InChI=1S/C18H24N4O4S2/c1-22(12-17(24)19-13-6-4-2-3-5-7-13)28(25,26)18-11-9-15(27-18)14-8-10-16(23)21-20-14/h8-11,13H,2-7,12H2,1H3,(H,19,24)(H,21,23). The molecule has 0 bridgehead atoms. The van der Waals surface area contributed by atoms with Crippen LogP contribution in [0.15, 0.2) is 33.3 Å². The van der Waals surface area contributed by atoms with E-state index < -0.39 is 10.0 Å². The lowest BCUT2D eigenvalue weighted by Gasteiger charge is -2.19. The van der Waals surface area contributed by atoms with Crippen molar-refractivity contribution in [1.29, 1.82) is 0 Å². The summed E-state index contributed by atoms with van der Waals surface area (Å²) >= 11 is 1.05. The lowest BCUT2D eigenvalue weighted by molar-refractivity contribution is -0.121.